The fourth-order valence-corrected chi connectivity index (χ4v) is 5.74. The summed E-state index contributed by atoms with van der Waals surface area (Å²) >= 11 is 2.03. The third-order valence-electron chi connectivity index (χ3n) is 5.06. The number of sulfonamides is 1. The zero-order valence-electron chi connectivity index (χ0n) is 16.7. The van der Waals surface area contributed by atoms with Crippen LogP contribution in [0.1, 0.15) is 51.9 Å². The molecular weight excluding hydrogens is 384 g/mol. The van der Waals surface area contributed by atoms with Crippen LogP contribution >= 0.6 is 11.8 Å². The molecule has 0 spiro atoms. The molecule has 0 aromatic heterocycles. The van der Waals surface area contributed by atoms with Crippen molar-refractivity contribution >= 4 is 27.7 Å². The zero-order chi connectivity index (χ0) is 19.5. The van der Waals surface area contributed by atoms with E-state index in [-0.39, 0.29) is 11.9 Å². The van der Waals surface area contributed by atoms with Gasteiger partial charge >= 0.3 is 0 Å². The lowest BCUT2D eigenvalue weighted by molar-refractivity contribution is 0.0200. The number of thioether (sulfide) groups is 1. The first-order valence-corrected chi connectivity index (χ1v) is 12.9. The molecule has 1 heterocycles. The molecule has 3 atom stereocenters. The van der Waals surface area contributed by atoms with Gasteiger partial charge in [-0.25, -0.2) is 13.1 Å². The molecule has 1 aliphatic carbocycles. The second kappa shape index (κ2) is 12.1. The first-order chi connectivity index (χ1) is 13.0. The summed E-state index contributed by atoms with van der Waals surface area (Å²) in [5.41, 5.74) is 0. The number of nitrogens with zero attached hydrogens (tertiary/aromatic N) is 1. The highest BCUT2D eigenvalue weighted by atomic mass is 32.2. The maximum absolute atomic E-state index is 12.2. The van der Waals surface area contributed by atoms with Gasteiger partial charge in [0, 0.05) is 38.0 Å². The van der Waals surface area contributed by atoms with E-state index in [4.69, 9.17) is 4.74 Å². The fourth-order valence-electron chi connectivity index (χ4n) is 3.62. The summed E-state index contributed by atoms with van der Waals surface area (Å²) in [6.07, 6.45) is 7.91. The summed E-state index contributed by atoms with van der Waals surface area (Å²) < 4.78 is 32.6. The van der Waals surface area contributed by atoms with E-state index in [1.54, 1.807) is 7.05 Å². The highest BCUT2D eigenvalue weighted by Crippen LogP contribution is 2.28. The van der Waals surface area contributed by atoms with Gasteiger partial charge < -0.3 is 15.4 Å². The van der Waals surface area contributed by atoms with Gasteiger partial charge in [0.25, 0.3) is 0 Å². The van der Waals surface area contributed by atoms with Crippen molar-refractivity contribution in [2.24, 2.45) is 4.99 Å². The molecule has 3 N–H and O–H groups in total. The molecule has 158 valence electrons. The Hall–Kier alpha value is -0.510. The van der Waals surface area contributed by atoms with Crippen molar-refractivity contribution in [3.05, 3.63) is 0 Å². The lowest BCUT2D eigenvalue weighted by atomic mass is 9.95. The standard InChI is InChI=1S/C18H36N4O3S2/c1-3-26-17-9-6-7-15(13-17)22-18(19-2)20-10-12-27(23,24)21-14-16-8-4-5-11-25-16/h15-17,21H,3-14H2,1-2H3,(H2,19,20,22). The second-order valence-corrected chi connectivity index (χ2v) is 10.7. The lowest BCUT2D eigenvalue weighted by Gasteiger charge is -2.30. The Morgan fingerprint density at radius 2 is 2.07 bits per heavy atom. The Labute approximate surface area is 168 Å². The molecule has 0 bridgehead atoms. The van der Waals surface area contributed by atoms with Crippen molar-refractivity contribution in [2.45, 2.75) is 69.3 Å². The summed E-state index contributed by atoms with van der Waals surface area (Å²) in [5.74, 6) is 1.87. The molecule has 0 aromatic rings. The van der Waals surface area contributed by atoms with Crippen LogP contribution in [0.4, 0.5) is 0 Å². The van der Waals surface area contributed by atoms with Gasteiger partial charge in [-0.3, -0.25) is 4.99 Å². The molecule has 9 heteroatoms. The van der Waals surface area contributed by atoms with E-state index in [9.17, 15) is 8.42 Å². The smallest absolute Gasteiger partial charge is 0.213 e. The topological polar surface area (TPSA) is 91.8 Å². The average Bonchev–Trinajstić information content (AvgIpc) is 2.67. The third-order valence-corrected chi connectivity index (χ3v) is 7.64. The van der Waals surface area contributed by atoms with E-state index in [0.29, 0.717) is 30.3 Å². The van der Waals surface area contributed by atoms with Crippen LogP contribution in [0, 0.1) is 0 Å². The number of ether oxygens (including phenoxy) is 1. The van der Waals surface area contributed by atoms with E-state index in [1.165, 1.54) is 12.8 Å². The minimum absolute atomic E-state index is 0.0103. The molecule has 0 amide bonds. The minimum atomic E-state index is -3.31. The molecule has 3 unspecified atom stereocenters. The van der Waals surface area contributed by atoms with Crippen LogP contribution in [-0.4, -0.2) is 70.0 Å². The summed E-state index contributed by atoms with van der Waals surface area (Å²) in [7, 11) is -1.59. The van der Waals surface area contributed by atoms with Crippen LogP contribution in [0.3, 0.4) is 0 Å². The average molecular weight is 421 g/mol. The van der Waals surface area contributed by atoms with Crippen LogP contribution in [0.25, 0.3) is 0 Å². The zero-order valence-corrected chi connectivity index (χ0v) is 18.3. The fraction of sp³-hybridized carbons (Fsp3) is 0.944. The van der Waals surface area contributed by atoms with Gasteiger partial charge in [0.1, 0.15) is 0 Å². The number of hydrogen-bond acceptors (Lipinski definition) is 5. The second-order valence-electron chi connectivity index (χ2n) is 7.24. The van der Waals surface area contributed by atoms with Crippen molar-refractivity contribution in [1.82, 2.24) is 15.4 Å². The van der Waals surface area contributed by atoms with Crippen molar-refractivity contribution in [1.29, 1.82) is 0 Å². The number of nitrogens with one attached hydrogen (secondary N) is 3. The highest BCUT2D eigenvalue weighted by molar-refractivity contribution is 7.99. The molecule has 0 aromatic carbocycles. The molecule has 2 aliphatic rings. The van der Waals surface area contributed by atoms with Crippen LogP contribution in [0.2, 0.25) is 0 Å². The van der Waals surface area contributed by atoms with E-state index in [1.807, 2.05) is 11.8 Å². The maximum Gasteiger partial charge on any atom is 0.213 e. The molecule has 1 saturated heterocycles. The SMILES string of the molecule is CCSC1CCCC(NC(=NC)NCCS(=O)(=O)NCC2CCCCO2)C1. The summed E-state index contributed by atoms with van der Waals surface area (Å²) in [6, 6.07) is 0.409. The monoisotopic (exact) mass is 420 g/mol. The van der Waals surface area contributed by atoms with E-state index in [0.717, 1.165) is 44.5 Å². The molecule has 7 nitrogen and oxygen atoms in total. The summed E-state index contributed by atoms with van der Waals surface area (Å²) in [6.45, 7) is 3.64. The first-order valence-electron chi connectivity index (χ1n) is 10.2. The highest BCUT2D eigenvalue weighted by Gasteiger charge is 2.23. The van der Waals surface area contributed by atoms with Gasteiger partial charge in [-0.1, -0.05) is 13.3 Å². The Kier molecular flexibility index (Phi) is 10.2. The quantitative estimate of drug-likeness (QED) is 0.388. The van der Waals surface area contributed by atoms with Gasteiger partial charge in [0.15, 0.2) is 5.96 Å². The normalized spacial score (nSPS) is 27.3. The molecule has 2 rings (SSSR count). The molecular formula is C18H36N4O3S2. The van der Waals surface area contributed by atoms with E-state index < -0.39 is 10.0 Å². The molecule has 0 radical (unpaired) electrons. The molecule has 27 heavy (non-hydrogen) atoms. The number of guanidine groups is 1. The van der Waals surface area contributed by atoms with Gasteiger partial charge in [-0.15, -0.1) is 0 Å². The van der Waals surface area contributed by atoms with Crippen LogP contribution < -0.4 is 15.4 Å². The molecule has 1 aliphatic heterocycles. The minimum Gasteiger partial charge on any atom is -0.377 e. The Morgan fingerprint density at radius 1 is 1.22 bits per heavy atom. The Morgan fingerprint density at radius 3 is 2.78 bits per heavy atom. The van der Waals surface area contributed by atoms with Gasteiger partial charge in [0.05, 0.1) is 11.9 Å². The number of rotatable bonds is 9. The molecule has 1 saturated carbocycles. The van der Waals surface area contributed by atoms with Crippen molar-refractivity contribution < 1.29 is 13.2 Å². The van der Waals surface area contributed by atoms with E-state index in [2.05, 4.69) is 27.3 Å². The first kappa shape index (κ1) is 22.8. The van der Waals surface area contributed by atoms with Crippen molar-refractivity contribution in [2.75, 3.05) is 38.2 Å². The predicted octanol–water partition coefficient (Wildman–Crippen LogP) is 1.70. The van der Waals surface area contributed by atoms with Crippen molar-refractivity contribution in [3.8, 4) is 0 Å². The molecule has 2 fully saturated rings. The van der Waals surface area contributed by atoms with Crippen molar-refractivity contribution in [3.63, 3.8) is 0 Å². The Balaban J connectivity index is 1.67. The summed E-state index contributed by atoms with van der Waals surface area (Å²) in [5, 5.41) is 7.31. The van der Waals surface area contributed by atoms with Gasteiger partial charge in [-0.05, 0) is 44.3 Å². The number of aliphatic imine (C=N–C) groups is 1. The third kappa shape index (κ3) is 9.02. The number of hydrogen-bond donors (Lipinski definition) is 3. The van der Waals surface area contributed by atoms with E-state index >= 15 is 0 Å². The maximum atomic E-state index is 12.2. The van der Waals surface area contributed by atoms with Gasteiger partial charge in [0.2, 0.25) is 10.0 Å². The Bertz CT molecular complexity index is 549. The summed E-state index contributed by atoms with van der Waals surface area (Å²) in [4.78, 5) is 4.24. The lowest BCUT2D eigenvalue weighted by Crippen LogP contribution is -2.47. The predicted molar refractivity (Wildman–Crippen MR) is 114 cm³/mol. The van der Waals surface area contributed by atoms with Crippen LogP contribution in [0.5, 0.6) is 0 Å². The largest absolute Gasteiger partial charge is 0.377 e. The van der Waals surface area contributed by atoms with Crippen LogP contribution in [0.15, 0.2) is 4.99 Å². The van der Waals surface area contributed by atoms with Crippen LogP contribution in [-0.2, 0) is 14.8 Å². The van der Waals surface area contributed by atoms with Gasteiger partial charge in [-0.2, -0.15) is 11.8 Å².